The molecule has 0 atom stereocenters. The van der Waals surface area contributed by atoms with Crippen LogP contribution >= 0.6 is 22.7 Å². The summed E-state index contributed by atoms with van der Waals surface area (Å²) in [7, 11) is 0. The third-order valence-corrected chi connectivity index (χ3v) is 6.06. The van der Waals surface area contributed by atoms with Gasteiger partial charge in [0.05, 0.1) is 16.3 Å². The lowest BCUT2D eigenvalue weighted by molar-refractivity contribution is -0.111. The SMILES string of the molecule is Cc1cc(NC(=O)/C=C\c2ccc3c(c2)OCO3)n(-c2nc(-c3cccs3)cs2)n1. The molecule has 9 heteroatoms. The summed E-state index contributed by atoms with van der Waals surface area (Å²) in [6, 6.07) is 11.4. The Hall–Kier alpha value is -3.43. The van der Waals surface area contributed by atoms with Crippen LogP contribution in [0.2, 0.25) is 0 Å². The van der Waals surface area contributed by atoms with Gasteiger partial charge in [0.2, 0.25) is 17.8 Å². The highest BCUT2D eigenvalue weighted by Crippen LogP contribution is 2.33. The van der Waals surface area contributed by atoms with Crippen molar-refractivity contribution in [3.05, 3.63) is 64.5 Å². The summed E-state index contributed by atoms with van der Waals surface area (Å²) in [4.78, 5) is 18.3. The van der Waals surface area contributed by atoms with E-state index in [0.717, 1.165) is 21.8 Å². The van der Waals surface area contributed by atoms with Crippen molar-refractivity contribution in [1.29, 1.82) is 0 Å². The van der Waals surface area contributed by atoms with Gasteiger partial charge in [0, 0.05) is 17.5 Å². The lowest BCUT2D eigenvalue weighted by Crippen LogP contribution is -2.12. The number of benzene rings is 1. The summed E-state index contributed by atoms with van der Waals surface area (Å²) < 4.78 is 12.3. The van der Waals surface area contributed by atoms with Gasteiger partial charge < -0.3 is 14.8 Å². The van der Waals surface area contributed by atoms with Crippen LogP contribution < -0.4 is 14.8 Å². The smallest absolute Gasteiger partial charge is 0.249 e. The van der Waals surface area contributed by atoms with Crippen molar-refractivity contribution in [1.82, 2.24) is 14.8 Å². The van der Waals surface area contributed by atoms with Crippen molar-refractivity contribution in [3.8, 4) is 27.2 Å². The summed E-state index contributed by atoms with van der Waals surface area (Å²) in [5.41, 5.74) is 2.54. The molecule has 4 heterocycles. The zero-order valence-corrected chi connectivity index (χ0v) is 17.5. The van der Waals surface area contributed by atoms with Crippen molar-refractivity contribution in [2.45, 2.75) is 6.92 Å². The molecule has 0 aliphatic carbocycles. The number of ether oxygens (including phenoxy) is 2. The number of nitrogens with zero attached hydrogens (tertiary/aromatic N) is 3. The third-order valence-electron chi connectivity index (χ3n) is 4.35. The molecule has 1 aliphatic heterocycles. The molecule has 0 spiro atoms. The van der Waals surface area contributed by atoms with Gasteiger partial charge in [-0.25, -0.2) is 4.98 Å². The summed E-state index contributed by atoms with van der Waals surface area (Å²) >= 11 is 3.11. The Morgan fingerprint density at radius 1 is 1.20 bits per heavy atom. The normalized spacial score (nSPS) is 12.6. The number of nitrogens with one attached hydrogen (secondary N) is 1. The summed E-state index contributed by atoms with van der Waals surface area (Å²) in [6.45, 7) is 2.10. The predicted octanol–water partition coefficient (Wildman–Crippen LogP) is 4.75. The molecule has 7 nitrogen and oxygen atoms in total. The number of rotatable bonds is 5. The number of thiophene rings is 1. The molecule has 1 aliphatic rings. The Labute approximate surface area is 180 Å². The fraction of sp³-hybridized carbons (Fsp3) is 0.0952. The molecule has 1 amide bonds. The van der Waals surface area contributed by atoms with Crippen LogP contribution in [-0.4, -0.2) is 27.5 Å². The molecule has 0 fully saturated rings. The van der Waals surface area contributed by atoms with E-state index in [-0.39, 0.29) is 12.7 Å². The number of thiazole rings is 1. The Kier molecular flexibility index (Phi) is 4.82. The summed E-state index contributed by atoms with van der Waals surface area (Å²) in [6.07, 6.45) is 3.20. The lowest BCUT2D eigenvalue weighted by atomic mass is 10.2. The number of carbonyl (C=O) groups excluding carboxylic acids is 1. The minimum absolute atomic E-state index is 0.220. The first-order chi connectivity index (χ1) is 14.7. The number of anilines is 1. The van der Waals surface area contributed by atoms with Crippen LogP contribution in [0.5, 0.6) is 11.5 Å². The summed E-state index contributed by atoms with van der Waals surface area (Å²) in [5, 5.41) is 12.1. The van der Waals surface area contributed by atoms with Crippen LogP contribution in [0.3, 0.4) is 0 Å². The maximum absolute atomic E-state index is 12.5. The Morgan fingerprint density at radius 2 is 2.10 bits per heavy atom. The lowest BCUT2D eigenvalue weighted by Gasteiger charge is -2.04. The van der Waals surface area contributed by atoms with E-state index in [1.54, 1.807) is 22.1 Å². The standard InChI is InChI=1S/C21H16N4O3S2/c1-13-9-19(25(24-13)21-22-15(11-30-21)18-3-2-8-29-18)23-20(26)7-5-14-4-6-16-17(10-14)28-12-27-16/h2-11H,12H2,1H3,(H,23,26)/b7-5-. The second-order valence-electron chi connectivity index (χ2n) is 6.51. The van der Waals surface area contributed by atoms with Gasteiger partial charge in [0.15, 0.2) is 11.5 Å². The van der Waals surface area contributed by atoms with Gasteiger partial charge in [-0.2, -0.15) is 9.78 Å². The van der Waals surface area contributed by atoms with E-state index in [0.29, 0.717) is 22.4 Å². The van der Waals surface area contributed by atoms with Gasteiger partial charge in [-0.3, -0.25) is 4.79 Å². The van der Waals surface area contributed by atoms with Crippen molar-refractivity contribution >= 4 is 40.5 Å². The number of aryl methyl sites for hydroxylation is 1. The minimum atomic E-state index is -0.260. The summed E-state index contributed by atoms with van der Waals surface area (Å²) in [5.74, 6) is 1.70. The van der Waals surface area contributed by atoms with Gasteiger partial charge >= 0.3 is 0 Å². The average molecular weight is 437 g/mol. The first kappa shape index (κ1) is 18.6. The first-order valence-corrected chi connectivity index (χ1v) is 10.9. The highest BCUT2D eigenvalue weighted by Gasteiger charge is 2.15. The fourth-order valence-corrected chi connectivity index (χ4v) is 4.54. The van der Waals surface area contributed by atoms with Crippen molar-refractivity contribution < 1.29 is 14.3 Å². The molecule has 0 unspecified atom stereocenters. The molecule has 0 saturated carbocycles. The van der Waals surface area contributed by atoms with E-state index in [4.69, 9.17) is 9.47 Å². The van der Waals surface area contributed by atoms with Gasteiger partial charge in [-0.05, 0) is 42.1 Å². The zero-order valence-electron chi connectivity index (χ0n) is 15.9. The van der Waals surface area contributed by atoms with Crippen LogP contribution in [0.1, 0.15) is 11.3 Å². The number of amides is 1. The first-order valence-electron chi connectivity index (χ1n) is 9.11. The largest absolute Gasteiger partial charge is 0.454 e. The second-order valence-corrected chi connectivity index (χ2v) is 8.29. The van der Waals surface area contributed by atoms with Gasteiger partial charge in [-0.1, -0.05) is 12.1 Å². The molecule has 0 radical (unpaired) electrons. The van der Waals surface area contributed by atoms with E-state index in [9.17, 15) is 4.79 Å². The molecule has 4 aromatic rings. The zero-order chi connectivity index (χ0) is 20.5. The molecule has 1 N–H and O–H groups in total. The Bertz CT molecular complexity index is 1240. The second kappa shape index (κ2) is 7.77. The molecule has 1 aromatic carbocycles. The van der Waals surface area contributed by atoms with Crippen LogP contribution in [0.4, 0.5) is 5.82 Å². The number of carbonyl (C=O) groups is 1. The molecule has 3 aromatic heterocycles. The number of fused-ring (bicyclic) bond motifs is 1. The van der Waals surface area contributed by atoms with E-state index in [1.165, 1.54) is 17.4 Å². The minimum Gasteiger partial charge on any atom is -0.454 e. The molecule has 150 valence electrons. The van der Waals surface area contributed by atoms with Crippen LogP contribution in [-0.2, 0) is 4.79 Å². The maximum Gasteiger partial charge on any atom is 0.249 e. The van der Waals surface area contributed by atoms with Crippen LogP contribution in [0, 0.1) is 6.92 Å². The Balaban J connectivity index is 1.33. The quantitative estimate of drug-likeness (QED) is 0.457. The topological polar surface area (TPSA) is 78.3 Å². The Morgan fingerprint density at radius 3 is 2.97 bits per heavy atom. The predicted molar refractivity (Wildman–Crippen MR) is 118 cm³/mol. The van der Waals surface area contributed by atoms with Gasteiger partial charge in [0.1, 0.15) is 5.82 Å². The van der Waals surface area contributed by atoms with Crippen LogP contribution in [0.15, 0.2) is 53.2 Å². The molecule has 30 heavy (non-hydrogen) atoms. The van der Waals surface area contributed by atoms with Crippen molar-refractivity contribution in [3.63, 3.8) is 0 Å². The fourth-order valence-electron chi connectivity index (χ4n) is 2.99. The maximum atomic E-state index is 12.5. The van der Waals surface area contributed by atoms with E-state index in [2.05, 4.69) is 15.4 Å². The number of aromatic nitrogens is 3. The third kappa shape index (κ3) is 3.72. The molecule has 0 saturated heterocycles. The van der Waals surface area contributed by atoms with Gasteiger partial charge in [0.25, 0.3) is 0 Å². The van der Waals surface area contributed by atoms with E-state index < -0.39 is 0 Å². The highest BCUT2D eigenvalue weighted by molar-refractivity contribution is 7.15. The molecule has 5 rings (SSSR count). The molecule has 0 bridgehead atoms. The van der Waals surface area contributed by atoms with E-state index in [1.807, 2.05) is 54.1 Å². The number of hydrogen-bond donors (Lipinski definition) is 1. The molecular formula is C21H16N4O3S2. The van der Waals surface area contributed by atoms with Crippen molar-refractivity contribution in [2.75, 3.05) is 12.1 Å². The van der Waals surface area contributed by atoms with E-state index >= 15 is 0 Å². The van der Waals surface area contributed by atoms with Gasteiger partial charge in [-0.15, -0.1) is 22.7 Å². The molecular weight excluding hydrogens is 420 g/mol. The highest BCUT2D eigenvalue weighted by atomic mass is 32.1. The monoisotopic (exact) mass is 436 g/mol. The van der Waals surface area contributed by atoms with Crippen LogP contribution in [0.25, 0.3) is 21.8 Å². The van der Waals surface area contributed by atoms with Crippen molar-refractivity contribution in [2.24, 2.45) is 0 Å². The number of hydrogen-bond acceptors (Lipinski definition) is 7. The average Bonchev–Trinajstić information content (AvgIpc) is 3.51.